The minimum Gasteiger partial charge on any atom is -0.545 e. The summed E-state index contributed by atoms with van der Waals surface area (Å²) in [6, 6.07) is 6.18. The highest BCUT2D eigenvalue weighted by Crippen LogP contribution is 2.30. The number of rotatable bonds is 1. The third-order valence-electron chi connectivity index (χ3n) is 2.23. The molecule has 0 bridgehead atoms. The van der Waals surface area contributed by atoms with Crippen molar-refractivity contribution in [2.45, 2.75) is 6.18 Å². The number of aromatic carboxylic acids is 1. The maximum absolute atomic E-state index is 12.5. The van der Waals surface area contributed by atoms with Gasteiger partial charge in [0.05, 0.1) is 11.5 Å². The molecule has 0 N–H and O–H groups in total. The zero-order chi connectivity index (χ0) is 12.6. The molecule has 0 atom stereocenters. The first kappa shape index (κ1) is 11.4. The Hall–Kier alpha value is -2.11. The largest absolute Gasteiger partial charge is 0.545 e. The van der Waals surface area contributed by atoms with Crippen LogP contribution >= 0.6 is 0 Å². The first-order chi connectivity index (χ1) is 7.89. The maximum Gasteiger partial charge on any atom is 0.433 e. The van der Waals surface area contributed by atoms with Crippen molar-refractivity contribution in [2.24, 2.45) is 0 Å². The lowest BCUT2D eigenvalue weighted by molar-refractivity contribution is -0.254. The van der Waals surface area contributed by atoms with Gasteiger partial charge in [-0.1, -0.05) is 18.2 Å². The van der Waals surface area contributed by atoms with E-state index in [0.717, 1.165) is 0 Å². The number of para-hydroxylation sites is 1. The Morgan fingerprint density at radius 1 is 1.24 bits per heavy atom. The fourth-order valence-corrected chi connectivity index (χ4v) is 1.49. The van der Waals surface area contributed by atoms with Crippen LogP contribution in [0.4, 0.5) is 13.2 Å². The number of fused-ring (bicyclic) bond motifs is 1. The van der Waals surface area contributed by atoms with E-state index in [-0.39, 0.29) is 10.9 Å². The molecule has 1 aromatic carbocycles. The van der Waals surface area contributed by atoms with E-state index in [1.807, 2.05) is 0 Å². The third kappa shape index (κ3) is 2.06. The molecule has 1 aromatic heterocycles. The van der Waals surface area contributed by atoms with Crippen molar-refractivity contribution in [3.8, 4) is 0 Å². The Morgan fingerprint density at radius 3 is 2.47 bits per heavy atom. The van der Waals surface area contributed by atoms with Crippen molar-refractivity contribution in [2.75, 3.05) is 0 Å². The van der Waals surface area contributed by atoms with Gasteiger partial charge in [0, 0.05) is 10.9 Å². The van der Waals surface area contributed by atoms with Gasteiger partial charge in [-0.15, -0.1) is 0 Å². The molecule has 2 aromatic rings. The highest BCUT2D eigenvalue weighted by Gasteiger charge is 2.33. The normalized spacial score (nSPS) is 11.7. The standard InChI is InChI=1S/C11H6F3NO2/c12-11(13,14)9-5-7(10(16)17)6-3-1-2-4-8(6)15-9/h1-5H,(H,16,17)/p-1. The zero-order valence-corrected chi connectivity index (χ0v) is 8.28. The summed E-state index contributed by atoms with van der Waals surface area (Å²) in [5, 5.41) is 10.9. The van der Waals surface area contributed by atoms with Gasteiger partial charge in [0.15, 0.2) is 0 Å². The van der Waals surface area contributed by atoms with Gasteiger partial charge in [-0.3, -0.25) is 0 Å². The monoisotopic (exact) mass is 240 g/mol. The molecule has 0 amide bonds. The maximum atomic E-state index is 12.5. The molecular weight excluding hydrogens is 235 g/mol. The SMILES string of the molecule is O=C([O-])c1cc(C(F)(F)F)nc2ccccc12. The van der Waals surface area contributed by atoms with E-state index in [1.165, 1.54) is 24.3 Å². The number of pyridine rings is 1. The quantitative estimate of drug-likeness (QED) is 0.761. The van der Waals surface area contributed by atoms with Crippen LogP contribution in [0.3, 0.4) is 0 Å². The molecule has 0 saturated heterocycles. The van der Waals surface area contributed by atoms with Gasteiger partial charge < -0.3 is 9.90 Å². The van der Waals surface area contributed by atoms with Crippen molar-refractivity contribution in [1.82, 2.24) is 4.98 Å². The minimum atomic E-state index is -4.69. The molecule has 0 aliphatic rings. The van der Waals surface area contributed by atoms with Crippen molar-refractivity contribution in [3.05, 3.63) is 41.6 Å². The molecule has 2 rings (SSSR count). The highest BCUT2D eigenvalue weighted by atomic mass is 19.4. The summed E-state index contributed by atoms with van der Waals surface area (Å²) in [5.41, 5.74) is -1.78. The van der Waals surface area contributed by atoms with Gasteiger partial charge in [0.2, 0.25) is 0 Å². The van der Waals surface area contributed by atoms with Gasteiger partial charge in [0.25, 0.3) is 0 Å². The van der Waals surface area contributed by atoms with Gasteiger partial charge >= 0.3 is 6.18 Å². The number of alkyl halides is 3. The molecule has 1 heterocycles. The number of aromatic nitrogens is 1. The number of benzene rings is 1. The molecule has 3 nitrogen and oxygen atoms in total. The van der Waals surface area contributed by atoms with Gasteiger partial charge in [0.1, 0.15) is 5.69 Å². The molecule has 0 aliphatic carbocycles. The van der Waals surface area contributed by atoms with Crippen molar-refractivity contribution in [3.63, 3.8) is 0 Å². The number of hydrogen-bond donors (Lipinski definition) is 0. The van der Waals surface area contributed by atoms with Crippen LogP contribution in [-0.4, -0.2) is 11.0 Å². The Bertz CT molecular complexity index is 593. The number of carboxylic acids is 1. The molecule has 0 saturated carbocycles. The summed E-state index contributed by atoms with van der Waals surface area (Å²) < 4.78 is 37.5. The second-order valence-corrected chi connectivity index (χ2v) is 3.36. The van der Waals surface area contributed by atoms with Crippen molar-refractivity contribution < 1.29 is 23.1 Å². The van der Waals surface area contributed by atoms with Crippen LogP contribution in [-0.2, 0) is 6.18 Å². The van der Waals surface area contributed by atoms with Crippen LogP contribution in [0.2, 0.25) is 0 Å². The number of carboxylic acid groups (broad SMARTS) is 1. The van der Waals surface area contributed by atoms with Gasteiger partial charge in [-0.2, -0.15) is 13.2 Å². The van der Waals surface area contributed by atoms with E-state index in [9.17, 15) is 23.1 Å². The van der Waals surface area contributed by atoms with E-state index in [4.69, 9.17) is 0 Å². The Morgan fingerprint density at radius 2 is 1.88 bits per heavy atom. The number of hydrogen-bond acceptors (Lipinski definition) is 3. The molecule has 6 heteroatoms. The predicted molar refractivity (Wildman–Crippen MR) is 51.1 cm³/mol. The molecule has 0 fully saturated rings. The smallest absolute Gasteiger partial charge is 0.433 e. The number of carbonyl (C=O) groups is 1. The Labute approximate surface area is 93.5 Å². The van der Waals surface area contributed by atoms with E-state index in [0.29, 0.717) is 6.07 Å². The second-order valence-electron chi connectivity index (χ2n) is 3.36. The zero-order valence-electron chi connectivity index (χ0n) is 8.28. The minimum absolute atomic E-state index is 0.0264. The van der Waals surface area contributed by atoms with Crippen LogP contribution < -0.4 is 5.11 Å². The van der Waals surface area contributed by atoms with E-state index < -0.39 is 23.4 Å². The van der Waals surface area contributed by atoms with Crippen LogP contribution in [0.15, 0.2) is 30.3 Å². The van der Waals surface area contributed by atoms with Crippen LogP contribution in [0, 0.1) is 0 Å². The summed E-state index contributed by atoms with van der Waals surface area (Å²) in [7, 11) is 0. The van der Waals surface area contributed by atoms with E-state index in [1.54, 1.807) is 0 Å². The molecule has 0 unspecified atom stereocenters. The van der Waals surface area contributed by atoms with Crippen molar-refractivity contribution in [1.29, 1.82) is 0 Å². The van der Waals surface area contributed by atoms with E-state index >= 15 is 0 Å². The fraction of sp³-hybridized carbons (Fsp3) is 0.0909. The lowest BCUT2D eigenvalue weighted by atomic mass is 10.1. The molecule has 0 spiro atoms. The van der Waals surface area contributed by atoms with Crippen LogP contribution in [0.5, 0.6) is 0 Å². The summed E-state index contributed by atoms with van der Waals surface area (Å²) >= 11 is 0. The molecule has 88 valence electrons. The van der Waals surface area contributed by atoms with Crippen molar-refractivity contribution >= 4 is 16.9 Å². The lowest BCUT2D eigenvalue weighted by Gasteiger charge is -2.11. The third-order valence-corrected chi connectivity index (χ3v) is 2.23. The number of carbonyl (C=O) groups excluding carboxylic acids is 1. The summed E-state index contributed by atoms with van der Waals surface area (Å²) in [4.78, 5) is 14.2. The first-order valence-electron chi connectivity index (χ1n) is 4.58. The molecule has 0 radical (unpaired) electrons. The number of nitrogens with zero attached hydrogens (tertiary/aromatic N) is 1. The summed E-state index contributed by atoms with van der Waals surface area (Å²) in [6.45, 7) is 0. The molecule has 0 aliphatic heterocycles. The average Bonchev–Trinajstić information content (AvgIpc) is 2.26. The Balaban J connectivity index is 2.81. The topological polar surface area (TPSA) is 53.0 Å². The predicted octanol–water partition coefficient (Wildman–Crippen LogP) is 1.62. The van der Waals surface area contributed by atoms with Gasteiger partial charge in [-0.05, 0) is 12.1 Å². The first-order valence-corrected chi connectivity index (χ1v) is 4.58. The molecular formula is C11H5F3NO2-. The second kappa shape index (κ2) is 3.73. The Kier molecular flexibility index (Phi) is 2.49. The lowest BCUT2D eigenvalue weighted by Crippen LogP contribution is -2.23. The fourth-order valence-electron chi connectivity index (χ4n) is 1.49. The summed E-state index contributed by atoms with van der Waals surface area (Å²) in [5.74, 6) is -1.66. The van der Waals surface area contributed by atoms with Crippen LogP contribution in [0.1, 0.15) is 16.1 Å². The van der Waals surface area contributed by atoms with Crippen LogP contribution in [0.25, 0.3) is 10.9 Å². The number of halogens is 3. The molecule has 17 heavy (non-hydrogen) atoms. The highest BCUT2D eigenvalue weighted by molar-refractivity contribution is 6.01. The van der Waals surface area contributed by atoms with Gasteiger partial charge in [-0.25, -0.2) is 4.98 Å². The average molecular weight is 240 g/mol. The summed E-state index contributed by atoms with van der Waals surface area (Å²) in [6.07, 6.45) is -4.69. The van der Waals surface area contributed by atoms with E-state index in [2.05, 4.69) is 4.98 Å².